The lowest BCUT2D eigenvalue weighted by atomic mass is 9.61. The highest BCUT2D eigenvalue weighted by Gasteiger charge is 2.49. The molecule has 2 aromatic rings. The minimum Gasteiger partial charge on any atom is -0.316 e. The van der Waals surface area contributed by atoms with Gasteiger partial charge in [0.05, 0.1) is 11.0 Å². The second kappa shape index (κ2) is 3.01. The van der Waals surface area contributed by atoms with Crippen LogP contribution in [0.2, 0.25) is 0 Å². The molecule has 1 aromatic carbocycles. The molecule has 1 aliphatic carbocycles. The third-order valence-corrected chi connectivity index (χ3v) is 4.33. The number of aromatic nitrogens is 2. The highest BCUT2D eigenvalue weighted by atomic mass is 16.1. The van der Waals surface area contributed by atoms with E-state index in [1.165, 1.54) is 0 Å². The predicted octanol–water partition coefficient (Wildman–Crippen LogP) is 1.25. The molecule has 0 amide bonds. The van der Waals surface area contributed by atoms with Crippen molar-refractivity contribution in [1.82, 2.24) is 14.9 Å². The number of para-hydroxylation sites is 2. The molecular weight excluding hydrogens is 214 g/mol. The summed E-state index contributed by atoms with van der Waals surface area (Å²) < 4.78 is 1.94. The van der Waals surface area contributed by atoms with Gasteiger partial charge < -0.3 is 10.3 Å². The zero-order chi connectivity index (χ0) is 11.5. The zero-order valence-electron chi connectivity index (χ0n) is 9.57. The van der Waals surface area contributed by atoms with Crippen molar-refractivity contribution < 1.29 is 0 Å². The molecule has 1 saturated carbocycles. The third-order valence-electron chi connectivity index (χ3n) is 4.33. The van der Waals surface area contributed by atoms with E-state index in [4.69, 9.17) is 0 Å². The molecule has 0 bridgehead atoms. The van der Waals surface area contributed by atoms with Gasteiger partial charge in [-0.05, 0) is 30.4 Å². The van der Waals surface area contributed by atoms with E-state index in [1.54, 1.807) is 0 Å². The number of nitrogens with one attached hydrogen (secondary N) is 2. The molecule has 0 radical (unpaired) electrons. The van der Waals surface area contributed by atoms with Gasteiger partial charge in [0.15, 0.2) is 0 Å². The minimum atomic E-state index is 0.0401. The average Bonchev–Trinajstić information content (AvgIpc) is 2.52. The van der Waals surface area contributed by atoms with Gasteiger partial charge in [0.25, 0.3) is 0 Å². The molecular formula is C13H15N3O. The van der Waals surface area contributed by atoms with Crippen molar-refractivity contribution in [3.8, 4) is 0 Å². The molecule has 1 aliphatic heterocycles. The van der Waals surface area contributed by atoms with Crippen LogP contribution in [-0.2, 0) is 0 Å². The largest absolute Gasteiger partial charge is 0.326 e. The number of hydrogen-bond donors (Lipinski definition) is 2. The smallest absolute Gasteiger partial charge is 0.316 e. The Hall–Kier alpha value is -1.55. The molecule has 2 fully saturated rings. The van der Waals surface area contributed by atoms with Crippen molar-refractivity contribution in [2.75, 3.05) is 13.1 Å². The fourth-order valence-electron chi connectivity index (χ4n) is 3.33. The highest BCUT2D eigenvalue weighted by molar-refractivity contribution is 5.75. The van der Waals surface area contributed by atoms with E-state index < -0.39 is 0 Å². The molecule has 1 saturated heterocycles. The summed E-state index contributed by atoms with van der Waals surface area (Å²) in [5, 5.41) is 3.33. The number of benzene rings is 1. The first-order chi connectivity index (χ1) is 8.27. The Kier molecular flexibility index (Phi) is 1.68. The summed E-state index contributed by atoms with van der Waals surface area (Å²) in [4.78, 5) is 14.9. The lowest BCUT2D eigenvalue weighted by Gasteiger charge is -2.54. The van der Waals surface area contributed by atoms with Gasteiger partial charge in [-0.1, -0.05) is 12.1 Å². The van der Waals surface area contributed by atoms with E-state index in [1.807, 2.05) is 28.8 Å². The fourth-order valence-corrected chi connectivity index (χ4v) is 3.33. The molecule has 4 nitrogen and oxygen atoms in total. The van der Waals surface area contributed by atoms with Gasteiger partial charge in [-0.3, -0.25) is 4.57 Å². The van der Waals surface area contributed by atoms with Crippen LogP contribution in [0.4, 0.5) is 0 Å². The molecule has 2 aliphatic rings. The lowest BCUT2D eigenvalue weighted by Crippen LogP contribution is -2.60. The molecule has 1 spiro atoms. The van der Waals surface area contributed by atoms with Gasteiger partial charge in [0, 0.05) is 19.1 Å². The van der Waals surface area contributed by atoms with Crippen LogP contribution >= 0.6 is 0 Å². The van der Waals surface area contributed by atoms with Crippen molar-refractivity contribution >= 4 is 11.0 Å². The Bertz CT molecular complexity index is 627. The number of fused-ring (bicyclic) bond motifs is 1. The number of aromatic amines is 1. The van der Waals surface area contributed by atoms with Crippen molar-refractivity contribution in [3.05, 3.63) is 34.7 Å². The van der Waals surface area contributed by atoms with E-state index in [2.05, 4.69) is 10.3 Å². The van der Waals surface area contributed by atoms with E-state index in [0.717, 1.165) is 37.0 Å². The second-order valence-electron chi connectivity index (χ2n) is 5.48. The first-order valence-corrected chi connectivity index (χ1v) is 6.17. The standard InChI is InChI=1S/C13H15N3O/c17-12-15-10-3-1-2-4-11(10)16(12)9-5-13(6-9)7-14-8-13/h1-4,9,14H,5-8H2,(H,15,17). The maximum Gasteiger partial charge on any atom is 0.326 e. The lowest BCUT2D eigenvalue weighted by molar-refractivity contribution is 0.00796. The summed E-state index contributed by atoms with van der Waals surface area (Å²) in [6.45, 7) is 2.25. The maximum absolute atomic E-state index is 12.0. The Morgan fingerprint density at radius 3 is 2.71 bits per heavy atom. The quantitative estimate of drug-likeness (QED) is 0.773. The highest BCUT2D eigenvalue weighted by Crippen LogP contribution is 2.50. The number of nitrogens with zero attached hydrogens (tertiary/aromatic N) is 1. The molecule has 88 valence electrons. The average molecular weight is 229 g/mol. The Balaban J connectivity index is 1.76. The molecule has 0 unspecified atom stereocenters. The SMILES string of the molecule is O=c1[nH]c2ccccc2n1C1CC2(CNC2)C1. The van der Waals surface area contributed by atoms with Crippen LogP contribution in [0.25, 0.3) is 11.0 Å². The van der Waals surface area contributed by atoms with Crippen LogP contribution in [0.5, 0.6) is 0 Å². The van der Waals surface area contributed by atoms with E-state index in [-0.39, 0.29) is 5.69 Å². The van der Waals surface area contributed by atoms with Crippen LogP contribution in [0.1, 0.15) is 18.9 Å². The Labute approximate surface area is 98.6 Å². The molecule has 4 heteroatoms. The van der Waals surface area contributed by atoms with E-state index in [0.29, 0.717) is 11.5 Å². The fraction of sp³-hybridized carbons (Fsp3) is 0.462. The predicted molar refractivity (Wildman–Crippen MR) is 66.1 cm³/mol. The molecule has 0 atom stereocenters. The van der Waals surface area contributed by atoms with Gasteiger partial charge in [-0.15, -0.1) is 0 Å². The topological polar surface area (TPSA) is 49.8 Å². The number of imidazole rings is 1. The molecule has 1 aromatic heterocycles. The summed E-state index contributed by atoms with van der Waals surface area (Å²) in [6, 6.07) is 8.33. The summed E-state index contributed by atoms with van der Waals surface area (Å²) >= 11 is 0. The number of rotatable bonds is 1. The van der Waals surface area contributed by atoms with Crippen LogP contribution < -0.4 is 11.0 Å². The molecule has 2 heterocycles. The van der Waals surface area contributed by atoms with E-state index >= 15 is 0 Å². The van der Waals surface area contributed by atoms with E-state index in [9.17, 15) is 4.79 Å². The van der Waals surface area contributed by atoms with Crippen molar-refractivity contribution in [1.29, 1.82) is 0 Å². The first kappa shape index (κ1) is 9.48. The van der Waals surface area contributed by atoms with Crippen LogP contribution in [0.15, 0.2) is 29.1 Å². The first-order valence-electron chi connectivity index (χ1n) is 6.17. The van der Waals surface area contributed by atoms with Gasteiger partial charge in [-0.2, -0.15) is 0 Å². The Morgan fingerprint density at radius 2 is 2.00 bits per heavy atom. The zero-order valence-corrected chi connectivity index (χ0v) is 9.57. The third kappa shape index (κ3) is 1.19. The monoisotopic (exact) mass is 229 g/mol. The van der Waals surface area contributed by atoms with Gasteiger partial charge in [0.1, 0.15) is 0 Å². The van der Waals surface area contributed by atoms with Gasteiger partial charge in [-0.25, -0.2) is 4.79 Å². The number of hydrogen-bond acceptors (Lipinski definition) is 2. The Morgan fingerprint density at radius 1 is 1.24 bits per heavy atom. The molecule has 2 N–H and O–H groups in total. The van der Waals surface area contributed by atoms with Crippen LogP contribution in [0, 0.1) is 5.41 Å². The summed E-state index contributed by atoms with van der Waals surface area (Å²) in [7, 11) is 0. The molecule has 4 rings (SSSR count). The van der Waals surface area contributed by atoms with Crippen LogP contribution in [-0.4, -0.2) is 22.6 Å². The minimum absolute atomic E-state index is 0.0401. The second-order valence-corrected chi connectivity index (χ2v) is 5.48. The molecule has 17 heavy (non-hydrogen) atoms. The summed E-state index contributed by atoms with van der Waals surface area (Å²) in [6.07, 6.45) is 2.28. The summed E-state index contributed by atoms with van der Waals surface area (Å²) in [5.74, 6) is 0. The van der Waals surface area contributed by atoms with Crippen LogP contribution in [0.3, 0.4) is 0 Å². The number of H-pyrrole nitrogens is 1. The van der Waals surface area contributed by atoms with Crippen molar-refractivity contribution in [2.24, 2.45) is 5.41 Å². The van der Waals surface area contributed by atoms with Crippen molar-refractivity contribution in [3.63, 3.8) is 0 Å². The normalized spacial score (nSPS) is 22.6. The van der Waals surface area contributed by atoms with Gasteiger partial charge in [0.2, 0.25) is 0 Å². The van der Waals surface area contributed by atoms with Crippen molar-refractivity contribution in [2.45, 2.75) is 18.9 Å². The summed E-state index contributed by atoms with van der Waals surface area (Å²) in [5.41, 5.74) is 2.54. The van der Waals surface area contributed by atoms with Gasteiger partial charge >= 0.3 is 5.69 Å². The maximum atomic E-state index is 12.0.